The van der Waals surface area contributed by atoms with Gasteiger partial charge in [0.25, 0.3) is 0 Å². The topological polar surface area (TPSA) is 61.8 Å². The molecule has 1 aromatic carbocycles. The van der Waals surface area contributed by atoms with Gasteiger partial charge in [0, 0.05) is 23.7 Å². The van der Waals surface area contributed by atoms with E-state index in [1.165, 1.54) is 15.6 Å². The number of rotatable bonds is 5. The molecule has 1 atom stereocenters. The van der Waals surface area contributed by atoms with E-state index < -0.39 is 0 Å². The van der Waals surface area contributed by atoms with Gasteiger partial charge < -0.3 is 15.8 Å². The van der Waals surface area contributed by atoms with E-state index in [4.69, 9.17) is 10.9 Å². The minimum atomic E-state index is 0.0416. The zero-order valence-corrected chi connectivity index (χ0v) is 12.0. The van der Waals surface area contributed by atoms with Gasteiger partial charge in [0.1, 0.15) is 5.84 Å². The summed E-state index contributed by atoms with van der Waals surface area (Å²) in [4.78, 5) is 2.19. The molecule has 0 spiro atoms. The van der Waals surface area contributed by atoms with Gasteiger partial charge in [0.2, 0.25) is 0 Å². The molecule has 102 valence electrons. The van der Waals surface area contributed by atoms with E-state index in [0.29, 0.717) is 0 Å². The molecule has 1 unspecified atom stereocenters. The van der Waals surface area contributed by atoms with E-state index in [-0.39, 0.29) is 11.8 Å². The Morgan fingerprint density at radius 3 is 2.95 bits per heavy atom. The molecule has 0 saturated carbocycles. The maximum absolute atomic E-state index is 8.66. The molecule has 0 aliphatic rings. The molecule has 19 heavy (non-hydrogen) atoms. The van der Waals surface area contributed by atoms with Crippen LogP contribution in [0.5, 0.6) is 0 Å². The van der Waals surface area contributed by atoms with Gasteiger partial charge in [-0.05, 0) is 29.4 Å². The van der Waals surface area contributed by atoms with E-state index >= 15 is 0 Å². The average molecular weight is 277 g/mol. The molecule has 0 radical (unpaired) electrons. The van der Waals surface area contributed by atoms with Gasteiger partial charge in [-0.15, -0.1) is 11.3 Å². The van der Waals surface area contributed by atoms with Crippen LogP contribution in [0.15, 0.2) is 34.8 Å². The smallest absolute Gasteiger partial charge is 0.143 e. The third kappa shape index (κ3) is 3.24. The molecule has 3 N–H and O–H groups in total. The van der Waals surface area contributed by atoms with Crippen molar-refractivity contribution in [3.8, 4) is 0 Å². The molecule has 0 amide bonds. The van der Waals surface area contributed by atoms with Crippen LogP contribution in [-0.2, 0) is 6.54 Å². The predicted molar refractivity (Wildman–Crippen MR) is 80.7 cm³/mol. The lowest BCUT2D eigenvalue weighted by atomic mass is 10.1. The lowest BCUT2D eigenvalue weighted by Crippen LogP contribution is -2.32. The molecule has 0 saturated heterocycles. The Hall–Kier alpha value is -1.59. The number of fused-ring (bicyclic) bond motifs is 1. The van der Waals surface area contributed by atoms with Crippen LogP contribution < -0.4 is 5.73 Å². The lowest BCUT2D eigenvalue weighted by molar-refractivity contribution is 0.291. The average Bonchev–Trinajstić information content (AvgIpc) is 2.81. The number of hydrogen-bond donors (Lipinski definition) is 2. The summed E-state index contributed by atoms with van der Waals surface area (Å²) in [6, 6.07) is 8.43. The quantitative estimate of drug-likeness (QED) is 0.382. The molecule has 2 rings (SSSR count). The fraction of sp³-hybridized carbons (Fsp3) is 0.357. The van der Waals surface area contributed by atoms with E-state index in [1.807, 2.05) is 14.0 Å². The fourth-order valence-corrected chi connectivity index (χ4v) is 3.12. The number of benzene rings is 1. The molecule has 0 aliphatic heterocycles. The minimum Gasteiger partial charge on any atom is -0.409 e. The highest BCUT2D eigenvalue weighted by molar-refractivity contribution is 7.17. The summed E-state index contributed by atoms with van der Waals surface area (Å²) in [5.74, 6) is 0.321. The molecule has 1 heterocycles. The van der Waals surface area contributed by atoms with Crippen LogP contribution in [0.2, 0.25) is 0 Å². The van der Waals surface area contributed by atoms with Crippen LogP contribution >= 0.6 is 11.3 Å². The summed E-state index contributed by atoms with van der Waals surface area (Å²) in [5.41, 5.74) is 6.93. The van der Waals surface area contributed by atoms with Gasteiger partial charge in [-0.3, -0.25) is 0 Å². The highest BCUT2D eigenvalue weighted by Gasteiger charge is 2.12. The summed E-state index contributed by atoms with van der Waals surface area (Å²) >= 11 is 1.77. The molecular weight excluding hydrogens is 258 g/mol. The summed E-state index contributed by atoms with van der Waals surface area (Å²) in [5, 5.41) is 15.2. The van der Waals surface area contributed by atoms with Crippen molar-refractivity contribution < 1.29 is 5.21 Å². The summed E-state index contributed by atoms with van der Waals surface area (Å²) in [6.45, 7) is 3.59. The van der Waals surface area contributed by atoms with Crippen LogP contribution in [0.25, 0.3) is 10.1 Å². The second-order valence-electron chi connectivity index (χ2n) is 4.88. The van der Waals surface area contributed by atoms with Gasteiger partial charge in [0.05, 0.1) is 0 Å². The first kappa shape index (κ1) is 13.8. The molecule has 0 bridgehead atoms. The Morgan fingerprint density at radius 2 is 2.21 bits per heavy atom. The van der Waals surface area contributed by atoms with Crippen LogP contribution in [0.3, 0.4) is 0 Å². The molecule has 4 nitrogen and oxygen atoms in total. The predicted octanol–water partition coefficient (Wildman–Crippen LogP) is 2.72. The third-order valence-electron chi connectivity index (χ3n) is 3.21. The first-order valence-corrected chi connectivity index (χ1v) is 7.11. The second-order valence-corrected chi connectivity index (χ2v) is 5.79. The highest BCUT2D eigenvalue weighted by Crippen LogP contribution is 2.26. The Balaban J connectivity index is 2.05. The van der Waals surface area contributed by atoms with Crippen molar-refractivity contribution in [1.29, 1.82) is 0 Å². The van der Waals surface area contributed by atoms with E-state index in [0.717, 1.165) is 13.1 Å². The normalized spacial score (nSPS) is 14.2. The van der Waals surface area contributed by atoms with Crippen LogP contribution in [0.4, 0.5) is 0 Å². The lowest BCUT2D eigenvalue weighted by Gasteiger charge is -2.20. The third-order valence-corrected chi connectivity index (χ3v) is 4.22. The Morgan fingerprint density at radius 1 is 1.47 bits per heavy atom. The second kappa shape index (κ2) is 6.04. The molecule has 0 aliphatic carbocycles. The van der Waals surface area contributed by atoms with Crippen molar-refractivity contribution in [3.05, 3.63) is 35.2 Å². The Bertz CT molecular complexity index is 579. The molecule has 2 aromatic rings. The zero-order valence-electron chi connectivity index (χ0n) is 11.2. The fourth-order valence-electron chi connectivity index (χ4n) is 2.17. The molecule has 5 heteroatoms. The highest BCUT2D eigenvalue weighted by atomic mass is 32.1. The van der Waals surface area contributed by atoms with Gasteiger partial charge >= 0.3 is 0 Å². The van der Waals surface area contributed by atoms with E-state index in [9.17, 15) is 0 Å². The Labute approximate surface area is 117 Å². The molecule has 1 aromatic heterocycles. The van der Waals surface area contributed by atoms with Crippen molar-refractivity contribution in [1.82, 2.24) is 4.90 Å². The van der Waals surface area contributed by atoms with Crippen LogP contribution in [0.1, 0.15) is 12.5 Å². The van der Waals surface area contributed by atoms with E-state index in [2.05, 4.69) is 39.7 Å². The van der Waals surface area contributed by atoms with E-state index in [1.54, 1.807) is 11.3 Å². The van der Waals surface area contributed by atoms with Gasteiger partial charge in [-0.1, -0.05) is 30.3 Å². The number of thiophene rings is 1. The van der Waals surface area contributed by atoms with Gasteiger partial charge in [-0.2, -0.15) is 0 Å². The zero-order chi connectivity index (χ0) is 13.8. The van der Waals surface area contributed by atoms with Crippen molar-refractivity contribution in [2.45, 2.75) is 13.5 Å². The maximum atomic E-state index is 8.66. The first-order chi connectivity index (χ1) is 9.11. The van der Waals surface area contributed by atoms with Gasteiger partial charge in [-0.25, -0.2) is 0 Å². The summed E-state index contributed by atoms with van der Waals surface area (Å²) in [7, 11) is 2.05. The standard InChI is InChI=1S/C14H19N3OS/c1-10(14(15)16-18)7-17(2)8-11-9-19-13-6-4-3-5-12(11)13/h3-6,9-10,18H,7-8H2,1-2H3,(H2,15,16). The van der Waals surface area contributed by atoms with Crippen LogP contribution in [0, 0.1) is 5.92 Å². The SMILES string of the molecule is CC(CN(C)Cc1csc2ccccc12)C(N)=NO. The summed E-state index contributed by atoms with van der Waals surface area (Å²) in [6.07, 6.45) is 0. The van der Waals surface area contributed by atoms with Crippen molar-refractivity contribution in [2.24, 2.45) is 16.8 Å². The largest absolute Gasteiger partial charge is 0.409 e. The van der Waals surface area contributed by atoms with Crippen molar-refractivity contribution in [2.75, 3.05) is 13.6 Å². The summed E-state index contributed by atoms with van der Waals surface area (Å²) < 4.78 is 1.32. The number of oxime groups is 1. The van der Waals surface area contributed by atoms with Crippen LogP contribution in [-0.4, -0.2) is 29.5 Å². The number of amidine groups is 1. The minimum absolute atomic E-state index is 0.0416. The molecular formula is C14H19N3OS. The molecule has 0 fully saturated rings. The number of nitrogens with two attached hydrogens (primary N) is 1. The number of hydrogen-bond acceptors (Lipinski definition) is 4. The van der Waals surface area contributed by atoms with Crippen molar-refractivity contribution in [3.63, 3.8) is 0 Å². The number of nitrogens with zero attached hydrogens (tertiary/aromatic N) is 2. The monoisotopic (exact) mass is 277 g/mol. The van der Waals surface area contributed by atoms with Gasteiger partial charge in [0.15, 0.2) is 0 Å². The van der Waals surface area contributed by atoms with Crippen molar-refractivity contribution >= 4 is 27.3 Å². The maximum Gasteiger partial charge on any atom is 0.143 e. The first-order valence-electron chi connectivity index (χ1n) is 6.23. The Kier molecular flexibility index (Phi) is 4.39.